The quantitative estimate of drug-likeness (QED) is 0.721. The fourth-order valence-corrected chi connectivity index (χ4v) is 3.32. The van der Waals surface area contributed by atoms with Crippen molar-refractivity contribution in [2.24, 2.45) is 0 Å². The van der Waals surface area contributed by atoms with Gasteiger partial charge in [0.05, 0.1) is 5.56 Å². The van der Waals surface area contributed by atoms with Gasteiger partial charge in [0.25, 0.3) is 5.91 Å². The van der Waals surface area contributed by atoms with E-state index in [4.69, 9.17) is 0 Å². The number of nitrogens with zero attached hydrogens (tertiary/aromatic N) is 4. The van der Waals surface area contributed by atoms with Gasteiger partial charge in [-0.05, 0) is 37.1 Å². The summed E-state index contributed by atoms with van der Waals surface area (Å²) >= 11 is 0. The van der Waals surface area contributed by atoms with Gasteiger partial charge in [-0.15, -0.1) is 0 Å². The Hall–Kier alpha value is -3.21. The van der Waals surface area contributed by atoms with Gasteiger partial charge in [0.2, 0.25) is 5.95 Å². The van der Waals surface area contributed by atoms with E-state index in [-0.39, 0.29) is 5.91 Å². The monoisotopic (exact) mass is 344 g/mol. The first-order valence-electron chi connectivity index (χ1n) is 8.82. The van der Waals surface area contributed by atoms with E-state index in [9.17, 15) is 4.79 Å². The molecule has 5 heteroatoms. The molecule has 26 heavy (non-hydrogen) atoms. The van der Waals surface area contributed by atoms with Gasteiger partial charge in [-0.3, -0.25) is 4.79 Å². The van der Waals surface area contributed by atoms with Crippen molar-refractivity contribution < 1.29 is 4.79 Å². The van der Waals surface area contributed by atoms with Crippen LogP contribution in [0, 0.1) is 0 Å². The largest absolute Gasteiger partial charge is 0.310 e. The molecule has 130 valence electrons. The Morgan fingerprint density at radius 3 is 2.46 bits per heavy atom. The van der Waals surface area contributed by atoms with E-state index in [0.717, 1.165) is 24.3 Å². The van der Waals surface area contributed by atoms with Crippen molar-refractivity contribution in [3.05, 3.63) is 78.1 Å². The van der Waals surface area contributed by atoms with Gasteiger partial charge in [0.15, 0.2) is 0 Å². The van der Waals surface area contributed by atoms with E-state index in [1.54, 1.807) is 17.3 Å². The molecule has 0 unspecified atom stereocenters. The molecule has 3 aromatic rings. The lowest BCUT2D eigenvalue weighted by atomic mass is 10.2. The molecule has 0 N–H and O–H groups in total. The summed E-state index contributed by atoms with van der Waals surface area (Å²) in [6, 6.07) is 17.9. The van der Waals surface area contributed by atoms with Gasteiger partial charge in [0, 0.05) is 36.9 Å². The lowest BCUT2D eigenvalue weighted by Crippen LogP contribution is -2.31. The van der Waals surface area contributed by atoms with Crippen molar-refractivity contribution in [3.8, 4) is 0 Å². The van der Waals surface area contributed by atoms with Gasteiger partial charge in [-0.1, -0.05) is 36.4 Å². The molecule has 0 fully saturated rings. The molecular formula is C21H20N4O. The Morgan fingerprint density at radius 2 is 1.73 bits per heavy atom. The van der Waals surface area contributed by atoms with Crippen molar-refractivity contribution in [1.82, 2.24) is 9.97 Å². The third kappa shape index (κ3) is 2.92. The van der Waals surface area contributed by atoms with Crippen LogP contribution < -0.4 is 9.80 Å². The average molecular weight is 344 g/mol. The zero-order chi connectivity index (χ0) is 17.9. The van der Waals surface area contributed by atoms with Crippen molar-refractivity contribution >= 4 is 23.2 Å². The Morgan fingerprint density at radius 1 is 1.04 bits per heavy atom. The highest BCUT2D eigenvalue weighted by Gasteiger charge is 2.23. The summed E-state index contributed by atoms with van der Waals surface area (Å²) in [6.07, 6.45) is 4.23. The van der Waals surface area contributed by atoms with Gasteiger partial charge in [-0.2, -0.15) is 0 Å². The molecular weight excluding hydrogens is 324 g/mol. The van der Waals surface area contributed by atoms with E-state index in [2.05, 4.69) is 27.0 Å². The first-order valence-corrected chi connectivity index (χ1v) is 8.82. The third-order valence-electron chi connectivity index (χ3n) is 4.64. The number of aromatic nitrogens is 2. The van der Waals surface area contributed by atoms with E-state index in [1.165, 1.54) is 5.56 Å². The molecule has 1 aromatic heterocycles. The van der Waals surface area contributed by atoms with Gasteiger partial charge < -0.3 is 9.80 Å². The van der Waals surface area contributed by atoms with Crippen LogP contribution >= 0.6 is 0 Å². The predicted molar refractivity (Wildman–Crippen MR) is 103 cm³/mol. The van der Waals surface area contributed by atoms with Crippen LogP contribution in [0.2, 0.25) is 0 Å². The van der Waals surface area contributed by atoms with Crippen LogP contribution in [-0.4, -0.2) is 29.0 Å². The Balaban J connectivity index is 1.57. The van der Waals surface area contributed by atoms with Crippen LogP contribution in [-0.2, 0) is 6.42 Å². The summed E-state index contributed by atoms with van der Waals surface area (Å²) in [7, 11) is 0. The van der Waals surface area contributed by atoms with Gasteiger partial charge >= 0.3 is 0 Å². The fourth-order valence-electron chi connectivity index (χ4n) is 3.32. The molecule has 0 bridgehead atoms. The number of hydrogen-bond acceptors (Lipinski definition) is 4. The van der Waals surface area contributed by atoms with E-state index in [0.29, 0.717) is 18.1 Å². The van der Waals surface area contributed by atoms with Gasteiger partial charge in [-0.25, -0.2) is 9.97 Å². The topological polar surface area (TPSA) is 49.3 Å². The fraction of sp³-hybridized carbons (Fsp3) is 0.190. The zero-order valence-electron chi connectivity index (χ0n) is 14.7. The molecule has 2 heterocycles. The first kappa shape index (κ1) is 16.3. The first-order chi connectivity index (χ1) is 12.8. The number of carbonyl (C=O) groups excluding carboxylic acids is 1. The third-order valence-corrected chi connectivity index (χ3v) is 4.64. The SMILES string of the molecule is CCN(C(=O)c1cnc(N2CCc3ccccc32)nc1)c1ccccc1. The van der Waals surface area contributed by atoms with Crippen LogP contribution in [0.4, 0.5) is 17.3 Å². The summed E-state index contributed by atoms with van der Waals surface area (Å²) in [4.78, 5) is 25.6. The number of rotatable bonds is 4. The average Bonchev–Trinajstić information content (AvgIpc) is 3.13. The Kier molecular flexibility index (Phi) is 4.35. The number of hydrogen-bond donors (Lipinski definition) is 0. The minimum absolute atomic E-state index is 0.0907. The maximum Gasteiger partial charge on any atom is 0.261 e. The minimum Gasteiger partial charge on any atom is -0.310 e. The highest BCUT2D eigenvalue weighted by Crippen LogP contribution is 2.32. The molecule has 0 saturated heterocycles. The second-order valence-corrected chi connectivity index (χ2v) is 6.19. The van der Waals surface area contributed by atoms with Gasteiger partial charge in [0.1, 0.15) is 0 Å². The molecule has 4 rings (SSSR count). The van der Waals surface area contributed by atoms with Crippen molar-refractivity contribution in [1.29, 1.82) is 0 Å². The molecule has 0 saturated carbocycles. The van der Waals surface area contributed by atoms with E-state index in [1.807, 2.05) is 49.4 Å². The van der Waals surface area contributed by atoms with E-state index >= 15 is 0 Å². The number of carbonyl (C=O) groups is 1. The second-order valence-electron chi connectivity index (χ2n) is 6.19. The molecule has 0 spiro atoms. The highest BCUT2D eigenvalue weighted by atomic mass is 16.2. The Labute approximate surface area is 152 Å². The number of amides is 1. The second kappa shape index (κ2) is 6.96. The zero-order valence-corrected chi connectivity index (χ0v) is 14.7. The van der Waals surface area contributed by atoms with Crippen molar-refractivity contribution in [3.63, 3.8) is 0 Å². The molecule has 0 aliphatic carbocycles. The van der Waals surface area contributed by atoms with Crippen molar-refractivity contribution in [2.45, 2.75) is 13.3 Å². The summed E-state index contributed by atoms with van der Waals surface area (Å²) < 4.78 is 0. The van der Waals surface area contributed by atoms with Crippen LogP contribution in [0.25, 0.3) is 0 Å². The lowest BCUT2D eigenvalue weighted by molar-refractivity contribution is 0.0987. The van der Waals surface area contributed by atoms with Crippen LogP contribution in [0.5, 0.6) is 0 Å². The molecule has 1 amide bonds. The number of fused-ring (bicyclic) bond motifs is 1. The number of para-hydroxylation sites is 2. The van der Waals surface area contributed by atoms with E-state index < -0.39 is 0 Å². The van der Waals surface area contributed by atoms with Crippen molar-refractivity contribution in [2.75, 3.05) is 22.9 Å². The lowest BCUT2D eigenvalue weighted by Gasteiger charge is -2.21. The maximum atomic E-state index is 12.8. The summed E-state index contributed by atoms with van der Waals surface area (Å²) in [6.45, 7) is 3.41. The van der Waals surface area contributed by atoms with Crippen LogP contribution in [0.3, 0.4) is 0 Å². The molecule has 1 aliphatic heterocycles. The molecule has 0 atom stereocenters. The molecule has 1 aliphatic rings. The predicted octanol–water partition coefficient (Wildman–Crippen LogP) is 3.84. The minimum atomic E-state index is -0.0907. The smallest absolute Gasteiger partial charge is 0.261 e. The number of anilines is 3. The molecule has 2 aromatic carbocycles. The van der Waals surface area contributed by atoms with Crippen LogP contribution in [0.1, 0.15) is 22.8 Å². The standard InChI is InChI=1S/C21H20N4O/c1-2-24(18-9-4-3-5-10-18)20(26)17-14-22-21(23-15-17)25-13-12-16-8-6-7-11-19(16)25/h3-11,14-15H,2,12-13H2,1H3. The maximum absolute atomic E-state index is 12.8. The molecule has 5 nitrogen and oxygen atoms in total. The summed E-state index contributed by atoms with van der Waals surface area (Å²) in [5, 5.41) is 0. The highest BCUT2D eigenvalue weighted by molar-refractivity contribution is 6.05. The number of benzene rings is 2. The normalized spacial score (nSPS) is 12.7. The summed E-state index contributed by atoms with van der Waals surface area (Å²) in [5.41, 5.74) is 3.81. The molecule has 0 radical (unpaired) electrons. The van der Waals surface area contributed by atoms with Crippen LogP contribution in [0.15, 0.2) is 67.0 Å². The Bertz CT molecular complexity index is 909. The summed E-state index contributed by atoms with van der Waals surface area (Å²) in [5.74, 6) is 0.543.